The topological polar surface area (TPSA) is 126 Å². The molecule has 1 fully saturated rings. The molecule has 1 aliphatic heterocycles. The van der Waals surface area contributed by atoms with E-state index in [4.69, 9.17) is 4.74 Å². The Morgan fingerprint density at radius 1 is 1.14 bits per heavy atom. The second-order valence-electron chi connectivity index (χ2n) is 7.90. The van der Waals surface area contributed by atoms with Gasteiger partial charge in [-0.2, -0.15) is 23.5 Å². The summed E-state index contributed by atoms with van der Waals surface area (Å²) in [5.41, 5.74) is 0.861. The Labute approximate surface area is 198 Å². The molecular formula is C23H20F3N7O2. The van der Waals surface area contributed by atoms with Crippen LogP contribution in [0.15, 0.2) is 36.8 Å². The number of rotatable bonds is 5. The van der Waals surface area contributed by atoms with Crippen molar-refractivity contribution in [1.29, 1.82) is 5.26 Å². The summed E-state index contributed by atoms with van der Waals surface area (Å²) in [5.74, 6) is -0.322. The average Bonchev–Trinajstić information content (AvgIpc) is 2.85. The predicted molar refractivity (Wildman–Crippen MR) is 119 cm³/mol. The number of hydrogen-bond acceptors (Lipinski definition) is 8. The van der Waals surface area contributed by atoms with E-state index in [2.05, 4.69) is 36.9 Å². The zero-order chi connectivity index (χ0) is 25.0. The van der Waals surface area contributed by atoms with Crippen LogP contribution in [0.5, 0.6) is 0 Å². The molecule has 0 aromatic carbocycles. The second kappa shape index (κ2) is 10.0. The van der Waals surface area contributed by atoms with E-state index in [0.29, 0.717) is 47.5 Å². The molecule has 1 amide bonds. The van der Waals surface area contributed by atoms with E-state index in [1.807, 2.05) is 0 Å². The number of aryl methyl sites for hydroxylation is 1. The summed E-state index contributed by atoms with van der Waals surface area (Å²) >= 11 is 0. The summed E-state index contributed by atoms with van der Waals surface area (Å²) in [6.45, 7) is 3.05. The first kappa shape index (κ1) is 24.0. The molecule has 4 heterocycles. The Morgan fingerprint density at radius 2 is 1.91 bits per heavy atom. The highest BCUT2D eigenvalue weighted by molar-refractivity contribution is 6.04. The number of hydrogen-bond donors (Lipinski definition) is 2. The van der Waals surface area contributed by atoms with Crippen molar-refractivity contribution in [3.05, 3.63) is 59.3 Å². The largest absolute Gasteiger partial charge is 0.435 e. The SMILES string of the molecule is Cc1ncc(NC(=O)c2cnnc(C(F)(F)F)c2)cc1-c1cnc(NC2CCOCC2)c(C#N)c1. The summed E-state index contributed by atoms with van der Waals surface area (Å²) in [5, 5.41) is 21.7. The van der Waals surface area contributed by atoms with Crippen molar-refractivity contribution in [3.8, 4) is 17.2 Å². The minimum Gasteiger partial charge on any atom is -0.381 e. The molecule has 0 radical (unpaired) electrons. The van der Waals surface area contributed by atoms with Gasteiger partial charge >= 0.3 is 6.18 Å². The van der Waals surface area contributed by atoms with Gasteiger partial charge in [-0.25, -0.2) is 4.98 Å². The van der Waals surface area contributed by atoms with Gasteiger partial charge in [0.25, 0.3) is 5.91 Å². The van der Waals surface area contributed by atoms with E-state index in [1.165, 1.54) is 6.20 Å². The molecule has 3 aromatic heterocycles. The number of nitrogens with one attached hydrogen (secondary N) is 2. The first-order chi connectivity index (χ1) is 16.7. The minimum absolute atomic E-state index is 0.164. The Hall–Kier alpha value is -4.11. The predicted octanol–water partition coefficient (Wildman–Crippen LogP) is 3.98. The van der Waals surface area contributed by atoms with Gasteiger partial charge in [0, 0.05) is 42.3 Å². The van der Waals surface area contributed by atoms with E-state index < -0.39 is 17.8 Å². The standard InChI is InChI=1S/C23H20F3N7O2/c1-13-19(15-6-14(9-27)21(29-10-15)31-17-2-4-35-5-3-17)8-18(12-28-13)32-22(34)16-7-20(23(24,25)26)33-30-11-16/h6-8,10-12,17H,2-5H2,1H3,(H,29,31)(H,32,34). The number of nitrogens with zero attached hydrogens (tertiary/aromatic N) is 5. The third-order valence-corrected chi connectivity index (χ3v) is 5.43. The molecule has 35 heavy (non-hydrogen) atoms. The fraction of sp³-hybridized carbons (Fsp3) is 0.304. The maximum atomic E-state index is 12.9. The van der Waals surface area contributed by atoms with Crippen LogP contribution in [0.2, 0.25) is 0 Å². The molecular weight excluding hydrogens is 463 g/mol. The molecule has 0 spiro atoms. The zero-order valence-electron chi connectivity index (χ0n) is 18.6. The number of halogens is 3. The summed E-state index contributed by atoms with van der Waals surface area (Å²) in [6, 6.07) is 6.22. The molecule has 9 nitrogen and oxygen atoms in total. The van der Waals surface area contributed by atoms with Gasteiger partial charge in [-0.15, -0.1) is 5.10 Å². The third kappa shape index (κ3) is 5.70. The average molecular weight is 483 g/mol. The smallest absolute Gasteiger partial charge is 0.381 e. The lowest BCUT2D eigenvalue weighted by atomic mass is 10.0. The lowest BCUT2D eigenvalue weighted by molar-refractivity contribution is -0.141. The van der Waals surface area contributed by atoms with Crippen LogP contribution in [0.4, 0.5) is 24.7 Å². The zero-order valence-corrected chi connectivity index (χ0v) is 18.6. The fourth-order valence-corrected chi connectivity index (χ4v) is 3.57. The van der Waals surface area contributed by atoms with Crippen LogP contribution in [0.25, 0.3) is 11.1 Å². The number of amides is 1. The lowest BCUT2D eigenvalue weighted by Crippen LogP contribution is -2.28. The molecule has 4 rings (SSSR count). The van der Waals surface area contributed by atoms with Crippen molar-refractivity contribution in [1.82, 2.24) is 20.2 Å². The van der Waals surface area contributed by atoms with Crippen molar-refractivity contribution < 1.29 is 22.7 Å². The highest BCUT2D eigenvalue weighted by atomic mass is 19.4. The van der Waals surface area contributed by atoms with Gasteiger partial charge in [0.15, 0.2) is 5.69 Å². The number of alkyl halides is 3. The van der Waals surface area contributed by atoms with E-state index in [1.54, 1.807) is 25.3 Å². The molecule has 3 aromatic rings. The summed E-state index contributed by atoms with van der Waals surface area (Å²) in [6.07, 6.45) is 0.836. The number of aromatic nitrogens is 4. The monoisotopic (exact) mass is 483 g/mol. The van der Waals surface area contributed by atoms with Crippen LogP contribution in [0.1, 0.15) is 40.2 Å². The van der Waals surface area contributed by atoms with Gasteiger partial charge in [-0.1, -0.05) is 0 Å². The van der Waals surface area contributed by atoms with Crippen molar-refractivity contribution in [2.24, 2.45) is 0 Å². The van der Waals surface area contributed by atoms with Gasteiger partial charge < -0.3 is 15.4 Å². The Kier molecular flexibility index (Phi) is 6.88. The third-order valence-electron chi connectivity index (χ3n) is 5.43. The Balaban J connectivity index is 1.56. The van der Waals surface area contributed by atoms with Crippen molar-refractivity contribution in [2.75, 3.05) is 23.8 Å². The van der Waals surface area contributed by atoms with Crippen LogP contribution in [-0.2, 0) is 10.9 Å². The second-order valence-corrected chi connectivity index (χ2v) is 7.90. The Morgan fingerprint density at radius 3 is 2.63 bits per heavy atom. The van der Waals surface area contributed by atoms with E-state index in [0.717, 1.165) is 19.0 Å². The molecule has 0 atom stereocenters. The number of carbonyl (C=O) groups is 1. The van der Waals surface area contributed by atoms with Crippen molar-refractivity contribution in [2.45, 2.75) is 32.0 Å². The maximum Gasteiger partial charge on any atom is 0.435 e. The molecule has 0 aliphatic carbocycles. The van der Waals surface area contributed by atoms with Crippen LogP contribution in [0, 0.1) is 18.3 Å². The van der Waals surface area contributed by atoms with Gasteiger partial charge in [0.05, 0.1) is 29.2 Å². The number of nitriles is 1. The fourth-order valence-electron chi connectivity index (χ4n) is 3.57. The molecule has 0 saturated carbocycles. The summed E-state index contributed by atoms with van der Waals surface area (Å²) in [7, 11) is 0. The minimum atomic E-state index is -4.72. The van der Waals surface area contributed by atoms with Crippen LogP contribution in [-0.4, -0.2) is 45.3 Å². The number of anilines is 2. The Bertz CT molecular complexity index is 1280. The van der Waals surface area contributed by atoms with Crippen LogP contribution in [0.3, 0.4) is 0 Å². The summed E-state index contributed by atoms with van der Waals surface area (Å²) < 4.78 is 44.0. The quantitative estimate of drug-likeness (QED) is 0.558. The van der Waals surface area contributed by atoms with Crippen LogP contribution >= 0.6 is 0 Å². The number of pyridine rings is 2. The highest BCUT2D eigenvalue weighted by Gasteiger charge is 2.33. The van der Waals surface area contributed by atoms with Crippen molar-refractivity contribution in [3.63, 3.8) is 0 Å². The van der Waals surface area contributed by atoms with Gasteiger partial charge in [0.1, 0.15) is 11.9 Å². The molecule has 0 bridgehead atoms. The first-order valence-electron chi connectivity index (χ1n) is 10.7. The van der Waals surface area contributed by atoms with E-state index in [9.17, 15) is 23.2 Å². The molecule has 180 valence electrons. The molecule has 12 heteroatoms. The first-order valence-corrected chi connectivity index (χ1v) is 10.7. The maximum absolute atomic E-state index is 12.9. The molecule has 0 unspecified atom stereocenters. The van der Waals surface area contributed by atoms with Gasteiger partial charge in [0.2, 0.25) is 0 Å². The van der Waals surface area contributed by atoms with E-state index in [-0.39, 0.29) is 17.3 Å². The van der Waals surface area contributed by atoms with Crippen LogP contribution < -0.4 is 10.6 Å². The molecule has 2 N–H and O–H groups in total. The molecule has 1 aliphatic rings. The lowest BCUT2D eigenvalue weighted by Gasteiger charge is -2.24. The highest BCUT2D eigenvalue weighted by Crippen LogP contribution is 2.29. The molecule has 1 saturated heterocycles. The number of carbonyl (C=O) groups excluding carboxylic acids is 1. The van der Waals surface area contributed by atoms with Gasteiger partial charge in [-0.05, 0) is 38.0 Å². The van der Waals surface area contributed by atoms with E-state index >= 15 is 0 Å². The van der Waals surface area contributed by atoms with Gasteiger partial charge in [-0.3, -0.25) is 9.78 Å². The van der Waals surface area contributed by atoms with Crippen molar-refractivity contribution >= 4 is 17.4 Å². The normalized spacial score (nSPS) is 14.3. The number of ether oxygens (including phenoxy) is 1. The summed E-state index contributed by atoms with van der Waals surface area (Å²) in [4.78, 5) is 21.2.